The zero-order valence-corrected chi connectivity index (χ0v) is 19.7. The molecular formula is C25H29FN2O4S. The molecule has 8 heteroatoms. The third kappa shape index (κ3) is 4.59. The molecular weight excluding hydrogens is 443 g/mol. The highest BCUT2D eigenvalue weighted by atomic mass is 32.2. The molecule has 2 aliphatic rings. The summed E-state index contributed by atoms with van der Waals surface area (Å²) in [6.07, 6.45) is 3.77. The number of halogens is 1. The van der Waals surface area contributed by atoms with E-state index in [1.165, 1.54) is 16.4 Å². The van der Waals surface area contributed by atoms with Gasteiger partial charge in [0, 0.05) is 6.04 Å². The summed E-state index contributed by atoms with van der Waals surface area (Å²) >= 11 is 0. The molecule has 6 nitrogen and oxygen atoms in total. The Labute approximate surface area is 194 Å². The van der Waals surface area contributed by atoms with Crippen LogP contribution in [0.5, 0.6) is 0 Å². The van der Waals surface area contributed by atoms with Crippen molar-refractivity contribution in [1.29, 1.82) is 0 Å². The van der Waals surface area contributed by atoms with Crippen molar-refractivity contribution in [3.63, 3.8) is 0 Å². The summed E-state index contributed by atoms with van der Waals surface area (Å²) in [5.41, 5.74) is 1.52. The quantitative estimate of drug-likeness (QED) is 0.576. The van der Waals surface area contributed by atoms with Crippen LogP contribution < -0.4 is 4.90 Å². The summed E-state index contributed by atoms with van der Waals surface area (Å²) in [4.78, 5) is 27.5. The minimum absolute atomic E-state index is 0.0746. The molecule has 176 valence electrons. The van der Waals surface area contributed by atoms with Crippen LogP contribution in [-0.2, 0) is 19.6 Å². The molecule has 33 heavy (non-hydrogen) atoms. The third-order valence-corrected chi connectivity index (χ3v) is 8.55. The molecule has 0 bridgehead atoms. The van der Waals surface area contributed by atoms with Crippen molar-refractivity contribution in [2.75, 3.05) is 4.90 Å². The molecule has 1 saturated carbocycles. The molecule has 1 heterocycles. The first-order valence-corrected chi connectivity index (χ1v) is 12.9. The van der Waals surface area contributed by atoms with E-state index in [9.17, 15) is 22.4 Å². The highest BCUT2D eigenvalue weighted by molar-refractivity contribution is 7.89. The molecule has 1 saturated heterocycles. The lowest BCUT2D eigenvalue weighted by Crippen LogP contribution is -2.51. The summed E-state index contributed by atoms with van der Waals surface area (Å²) in [5, 5.41) is 0. The number of imide groups is 1. The first-order valence-electron chi connectivity index (χ1n) is 11.5. The number of anilines is 1. The molecule has 1 atom stereocenters. The van der Waals surface area contributed by atoms with Crippen molar-refractivity contribution in [1.82, 2.24) is 4.31 Å². The van der Waals surface area contributed by atoms with E-state index in [0.717, 1.165) is 41.9 Å². The Bertz CT molecular complexity index is 1120. The van der Waals surface area contributed by atoms with E-state index in [2.05, 4.69) is 13.8 Å². The number of hydrogen-bond donors (Lipinski definition) is 0. The predicted octanol–water partition coefficient (Wildman–Crippen LogP) is 4.60. The van der Waals surface area contributed by atoms with Gasteiger partial charge in [-0.3, -0.25) is 9.59 Å². The predicted molar refractivity (Wildman–Crippen MR) is 124 cm³/mol. The van der Waals surface area contributed by atoms with Gasteiger partial charge in [-0.1, -0.05) is 45.2 Å². The molecule has 2 amide bonds. The highest BCUT2D eigenvalue weighted by Gasteiger charge is 2.49. The van der Waals surface area contributed by atoms with E-state index in [1.807, 2.05) is 12.1 Å². The minimum Gasteiger partial charge on any atom is -0.274 e. The lowest BCUT2D eigenvalue weighted by Gasteiger charge is -2.36. The van der Waals surface area contributed by atoms with Crippen molar-refractivity contribution in [3.8, 4) is 0 Å². The van der Waals surface area contributed by atoms with Gasteiger partial charge in [-0.2, -0.15) is 4.31 Å². The van der Waals surface area contributed by atoms with Gasteiger partial charge in [0.05, 0.1) is 17.0 Å². The third-order valence-electron chi connectivity index (χ3n) is 6.57. The highest BCUT2D eigenvalue weighted by Crippen LogP contribution is 2.35. The summed E-state index contributed by atoms with van der Waals surface area (Å²) in [6, 6.07) is 10.3. The fourth-order valence-corrected chi connectivity index (χ4v) is 6.60. The zero-order chi connectivity index (χ0) is 23.8. The lowest BCUT2D eigenvalue weighted by molar-refractivity contribution is -0.122. The Morgan fingerprint density at radius 1 is 0.939 bits per heavy atom. The van der Waals surface area contributed by atoms with Gasteiger partial charge in [0.25, 0.3) is 5.91 Å². The fraction of sp³-hybridized carbons (Fsp3) is 0.440. The summed E-state index contributed by atoms with van der Waals surface area (Å²) in [7, 11) is -4.11. The Morgan fingerprint density at radius 3 is 2.12 bits per heavy atom. The Balaban J connectivity index is 1.70. The maximum Gasteiger partial charge on any atom is 0.252 e. The summed E-state index contributed by atoms with van der Waals surface area (Å²) < 4.78 is 42.0. The van der Waals surface area contributed by atoms with Gasteiger partial charge in [-0.05, 0) is 60.7 Å². The zero-order valence-electron chi connectivity index (χ0n) is 18.9. The number of amides is 2. The summed E-state index contributed by atoms with van der Waals surface area (Å²) in [5.74, 6) is -1.19. The van der Waals surface area contributed by atoms with Gasteiger partial charge >= 0.3 is 0 Å². The molecule has 4 rings (SSSR count). The SMILES string of the molecule is CC(C)c1ccc(N2C(=O)CC(N(C3CCCCC3)S(=O)(=O)c3ccc(F)cc3)C2=O)cc1. The van der Waals surface area contributed by atoms with Crippen LogP contribution in [0.15, 0.2) is 53.4 Å². The van der Waals surface area contributed by atoms with Crippen LogP contribution in [0, 0.1) is 5.82 Å². The van der Waals surface area contributed by atoms with Crippen molar-refractivity contribution < 1.29 is 22.4 Å². The van der Waals surface area contributed by atoms with Crippen molar-refractivity contribution >= 4 is 27.5 Å². The van der Waals surface area contributed by atoms with E-state index in [0.29, 0.717) is 24.4 Å². The number of rotatable bonds is 6. The van der Waals surface area contributed by atoms with E-state index >= 15 is 0 Å². The van der Waals surface area contributed by atoms with Gasteiger partial charge in [-0.25, -0.2) is 17.7 Å². The van der Waals surface area contributed by atoms with Gasteiger partial charge in [0.15, 0.2) is 0 Å². The smallest absolute Gasteiger partial charge is 0.252 e. The Hall–Kier alpha value is -2.58. The molecule has 0 N–H and O–H groups in total. The first-order chi connectivity index (χ1) is 15.7. The molecule has 1 aliphatic carbocycles. The second-order valence-corrected chi connectivity index (χ2v) is 11.0. The van der Waals surface area contributed by atoms with E-state index in [4.69, 9.17) is 0 Å². The lowest BCUT2D eigenvalue weighted by atomic mass is 9.94. The standard InChI is InChI=1S/C25H29FN2O4S/c1-17(2)18-8-12-20(13-9-18)27-24(29)16-23(25(27)30)28(21-6-4-3-5-7-21)33(31,32)22-14-10-19(26)11-15-22/h8-15,17,21,23H,3-7,16H2,1-2H3. The normalized spacial score (nSPS) is 20.3. The second kappa shape index (κ2) is 9.35. The van der Waals surface area contributed by atoms with Crippen LogP contribution in [-0.4, -0.2) is 36.6 Å². The molecule has 1 aliphatic heterocycles. The van der Waals surface area contributed by atoms with Crippen LogP contribution in [0.25, 0.3) is 0 Å². The topological polar surface area (TPSA) is 74.8 Å². The Morgan fingerprint density at radius 2 is 1.55 bits per heavy atom. The van der Waals surface area contributed by atoms with Gasteiger partial charge in [0.2, 0.25) is 15.9 Å². The van der Waals surface area contributed by atoms with Crippen molar-refractivity contribution in [2.24, 2.45) is 0 Å². The van der Waals surface area contributed by atoms with Crippen LogP contribution in [0.1, 0.15) is 63.9 Å². The molecule has 0 radical (unpaired) electrons. The van der Waals surface area contributed by atoms with Crippen molar-refractivity contribution in [3.05, 3.63) is 59.9 Å². The molecule has 0 aromatic heterocycles. The van der Waals surface area contributed by atoms with Gasteiger partial charge < -0.3 is 0 Å². The van der Waals surface area contributed by atoms with Crippen LogP contribution in [0.3, 0.4) is 0 Å². The average molecular weight is 473 g/mol. The van der Waals surface area contributed by atoms with Crippen molar-refractivity contribution in [2.45, 2.75) is 75.3 Å². The van der Waals surface area contributed by atoms with E-state index < -0.39 is 33.7 Å². The number of carbonyl (C=O) groups excluding carboxylic acids is 2. The van der Waals surface area contributed by atoms with E-state index in [1.54, 1.807) is 12.1 Å². The molecule has 0 spiro atoms. The molecule has 1 unspecified atom stereocenters. The van der Waals surface area contributed by atoms with Crippen LogP contribution in [0.2, 0.25) is 0 Å². The molecule has 2 aromatic carbocycles. The Kier molecular flexibility index (Phi) is 6.68. The monoisotopic (exact) mass is 472 g/mol. The fourth-order valence-electron chi connectivity index (χ4n) is 4.78. The number of hydrogen-bond acceptors (Lipinski definition) is 4. The second-order valence-electron chi connectivity index (χ2n) is 9.11. The first kappa shape index (κ1) is 23.6. The van der Waals surface area contributed by atoms with Crippen LogP contribution >= 0.6 is 0 Å². The number of benzene rings is 2. The number of nitrogens with zero attached hydrogens (tertiary/aromatic N) is 2. The number of carbonyl (C=O) groups is 2. The van der Waals surface area contributed by atoms with Crippen LogP contribution in [0.4, 0.5) is 10.1 Å². The average Bonchev–Trinajstić information content (AvgIpc) is 3.08. The number of sulfonamides is 1. The molecule has 2 fully saturated rings. The minimum atomic E-state index is -4.11. The molecule has 2 aromatic rings. The van der Waals surface area contributed by atoms with Gasteiger partial charge in [0.1, 0.15) is 11.9 Å². The maximum atomic E-state index is 13.7. The van der Waals surface area contributed by atoms with E-state index in [-0.39, 0.29) is 17.4 Å². The van der Waals surface area contributed by atoms with Gasteiger partial charge in [-0.15, -0.1) is 0 Å². The summed E-state index contributed by atoms with van der Waals surface area (Å²) in [6.45, 7) is 4.11. The largest absolute Gasteiger partial charge is 0.274 e. The maximum absolute atomic E-state index is 13.7.